The number of rotatable bonds is 3. The second-order valence-electron chi connectivity index (χ2n) is 8.67. The highest BCUT2D eigenvalue weighted by atomic mass is 32.1. The van der Waals surface area contributed by atoms with Crippen LogP contribution in [0.2, 0.25) is 0 Å². The smallest absolute Gasteiger partial charge is 0.256 e. The SMILES string of the molecule is COc1ccc([C@@H]2NC(=O)c3c(sc4c3CC[C@H](C(C)(C)C)C4)N2)c(OC)c1. The summed E-state index contributed by atoms with van der Waals surface area (Å²) in [5.41, 5.74) is 3.26. The molecule has 0 radical (unpaired) electrons. The lowest BCUT2D eigenvalue weighted by molar-refractivity contribution is 0.0934. The first-order valence-electron chi connectivity index (χ1n) is 9.75. The van der Waals surface area contributed by atoms with E-state index in [1.54, 1.807) is 25.6 Å². The summed E-state index contributed by atoms with van der Waals surface area (Å²) < 4.78 is 10.8. The zero-order valence-corrected chi connectivity index (χ0v) is 18.0. The number of benzene rings is 1. The zero-order valence-electron chi connectivity index (χ0n) is 17.1. The van der Waals surface area contributed by atoms with Crippen LogP contribution in [0.1, 0.15) is 59.7 Å². The number of thiophene rings is 1. The maximum absolute atomic E-state index is 13.0. The van der Waals surface area contributed by atoms with E-state index >= 15 is 0 Å². The molecule has 0 unspecified atom stereocenters. The molecule has 2 aliphatic rings. The standard InChI is InChI=1S/C22H28N2O3S/c1-22(2,3)12-6-8-15-17(10-12)28-21-18(15)20(25)23-19(24-21)14-9-7-13(26-4)11-16(14)27-5/h7,9,11-12,19,24H,6,8,10H2,1-5H3,(H,23,25)/t12-,19+/m0/s1. The highest BCUT2D eigenvalue weighted by Gasteiger charge is 2.37. The summed E-state index contributed by atoms with van der Waals surface area (Å²) in [5, 5.41) is 7.62. The van der Waals surface area contributed by atoms with Crippen molar-refractivity contribution in [2.75, 3.05) is 19.5 Å². The number of methoxy groups -OCH3 is 2. The third-order valence-electron chi connectivity index (χ3n) is 6.02. The number of fused-ring (bicyclic) bond motifs is 3. The molecule has 0 spiro atoms. The van der Waals surface area contributed by atoms with Gasteiger partial charge < -0.3 is 20.1 Å². The van der Waals surface area contributed by atoms with Crippen molar-refractivity contribution in [1.82, 2.24) is 5.32 Å². The predicted molar refractivity (Wildman–Crippen MR) is 113 cm³/mol. The number of carbonyl (C=O) groups excluding carboxylic acids is 1. The van der Waals surface area contributed by atoms with Gasteiger partial charge in [0, 0.05) is 16.5 Å². The number of hydrogen-bond donors (Lipinski definition) is 2. The van der Waals surface area contributed by atoms with Crippen molar-refractivity contribution in [2.24, 2.45) is 11.3 Å². The fourth-order valence-corrected chi connectivity index (χ4v) is 5.60. The summed E-state index contributed by atoms with van der Waals surface area (Å²) in [5.74, 6) is 2.07. The molecule has 1 aromatic heterocycles. The van der Waals surface area contributed by atoms with Crippen LogP contribution in [0.3, 0.4) is 0 Å². The lowest BCUT2D eigenvalue weighted by atomic mass is 9.72. The van der Waals surface area contributed by atoms with E-state index in [-0.39, 0.29) is 17.5 Å². The number of anilines is 1. The first kappa shape index (κ1) is 19.1. The molecule has 0 bridgehead atoms. The molecule has 0 saturated heterocycles. The fourth-order valence-electron chi connectivity index (χ4n) is 4.25. The van der Waals surface area contributed by atoms with Gasteiger partial charge in [0.1, 0.15) is 22.7 Å². The molecule has 28 heavy (non-hydrogen) atoms. The second-order valence-corrected chi connectivity index (χ2v) is 9.78. The van der Waals surface area contributed by atoms with Crippen LogP contribution in [0.25, 0.3) is 0 Å². The van der Waals surface area contributed by atoms with Crippen molar-refractivity contribution < 1.29 is 14.3 Å². The molecule has 1 aliphatic heterocycles. The third-order valence-corrected chi connectivity index (χ3v) is 7.21. The summed E-state index contributed by atoms with van der Waals surface area (Å²) in [7, 11) is 3.26. The molecular formula is C22H28N2O3S. The van der Waals surface area contributed by atoms with Crippen LogP contribution in [0.5, 0.6) is 11.5 Å². The molecule has 0 fully saturated rings. The lowest BCUT2D eigenvalue weighted by Crippen LogP contribution is -2.38. The van der Waals surface area contributed by atoms with E-state index in [0.717, 1.165) is 41.1 Å². The van der Waals surface area contributed by atoms with Gasteiger partial charge in [-0.1, -0.05) is 20.8 Å². The largest absolute Gasteiger partial charge is 0.497 e. The van der Waals surface area contributed by atoms with Crippen LogP contribution >= 0.6 is 11.3 Å². The summed E-state index contributed by atoms with van der Waals surface area (Å²) in [4.78, 5) is 14.4. The van der Waals surface area contributed by atoms with E-state index < -0.39 is 0 Å². The van der Waals surface area contributed by atoms with E-state index in [4.69, 9.17) is 9.47 Å². The van der Waals surface area contributed by atoms with E-state index in [1.165, 1.54) is 10.4 Å². The second kappa shape index (κ2) is 6.99. The minimum Gasteiger partial charge on any atom is -0.497 e. The molecule has 5 nitrogen and oxygen atoms in total. The molecule has 1 aromatic carbocycles. The van der Waals surface area contributed by atoms with Crippen LogP contribution in [0, 0.1) is 11.3 Å². The Hall–Kier alpha value is -2.21. The van der Waals surface area contributed by atoms with Crippen LogP contribution in [-0.4, -0.2) is 20.1 Å². The lowest BCUT2D eigenvalue weighted by Gasteiger charge is -2.34. The molecule has 1 aliphatic carbocycles. The number of carbonyl (C=O) groups is 1. The molecule has 2 heterocycles. The molecule has 150 valence electrons. The first-order valence-corrected chi connectivity index (χ1v) is 10.6. The molecule has 0 saturated carbocycles. The topological polar surface area (TPSA) is 59.6 Å². The van der Waals surface area contributed by atoms with Gasteiger partial charge in [-0.3, -0.25) is 4.79 Å². The van der Waals surface area contributed by atoms with Gasteiger partial charge >= 0.3 is 0 Å². The van der Waals surface area contributed by atoms with Gasteiger partial charge in [0.2, 0.25) is 0 Å². The van der Waals surface area contributed by atoms with Crippen molar-refractivity contribution >= 4 is 22.2 Å². The Bertz CT molecular complexity index is 913. The number of amides is 1. The monoisotopic (exact) mass is 400 g/mol. The number of ether oxygens (including phenoxy) is 2. The Morgan fingerprint density at radius 1 is 1.14 bits per heavy atom. The van der Waals surface area contributed by atoms with Crippen LogP contribution in [0.15, 0.2) is 18.2 Å². The normalized spacial score (nSPS) is 21.2. The summed E-state index contributed by atoms with van der Waals surface area (Å²) in [6.45, 7) is 6.94. The average molecular weight is 401 g/mol. The Kier molecular flexibility index (Phi) is 4.78. The highest BCUT2D eigenvalue weighted by Crippen LogP contribution is 2.46. The first-order chi connectivity index (χ1) is 13.3. The summed E-state index contributed by atoms with van der Waals surface area (Å²) in [6, 6.07) is 5.66. The molecule has 1 amide bonds. The number of nitrogens with one attached hydrogen (secondary N) is 2. The van der Waals surface area contributed by atoms with Crippen molar-refractivity contribution in [3.63, 3.8) is 0 Å². The van der Waals surface area contributed by atoms with Crippen molar-refractivity contribution in [2.45, 2.75) is 46.2 Å². The average Bonchev–Trinajstić information content (AvgIpc) is 3.04. The molecular weight excluding hydrogens is 372 g/mol. The van der Waals surface area contributed by atoms with Gasteiger partial charge in [-0.2, -0.15) is 0 Å². The zero-order chi connectivity index (χ0) is 20.1. The maximum atomic E-state index is 13.0. The van der Waals surface area contributed by atoms with Crippen molar-refractivity contribution in [1.29, 1.82) is 0 Å². The van der Waals surface area contributed by atoms with E-state index in [0.29, 0.717) is 11.7 Å². The Morgan fingerprint density at radius 2 is 1.93 bits per heavy atom. The van der Waals surface area contributed by atoms with Crippen LogP contribution in [0.4, 0.5) is 5.00 Å². The van der Waals surface area contributed by atoms with Crippen molar-refractivity contribution in [3.8, 4) is 11.5 Å². The molecule has 2 aromatic rings. The number of hydrogen-bond acceptors (Lipinski definition) is 5. The maximum Gasteiger partial charge on any atom is 0.256 e. The molecule has 2 atom stereocenters. The van der Waals surface area contributed by atoms with E-state index in [9.17, 15) is 4.79 Å². The van der Waals surface area contributed by atoms with E-state index in [2.05, 4.69) is 31.4 Å². The highest BCUT2D eigenvalue weighted by molar-refractivity contribution is 7.16. The molecule has 4 rings (SSSR count). The third kappa shape index (κ3) is 3.24. The van der Waals surface area contributed by atoms with Gasteiger partial charge in [0.15, 0.2) is 0 Å². The van der Waals surface area contributed by atoms with Crippen LogP contribution in [-0.2, 0) is 12.8 Å². The minimum absolute atomic E-state index is 0.00308. The van der Waals surface area contributed by atoms with Crippen molar-refractivity contribution in [3.05, 3.63) is 39.8 Å². The predicted octanol–water partition coefficient (Wildman–Crippen LogP) is 4.77. The molecule has 6 heteroatoms. The quantitative estimate of drug-likeness (QED) is 0.779. The molecule has 2 N–H and O–H groups in total. The van der Waals surface area contributed by atoms with Gasteiger partial charge in [-0.05, 0) is 48.3 Å². The van der Waals surface area contributed by atoms with Gasteiger partial charge in [0.25, 0.3) is 5.91 Å². The van der Waals surface area contributed by atoms with Gasteiger partial charge in [0.05, 0.1) is 19.8 Å². The van der Waals surface area contributed by atoms with Gasteiger partial charge in [-0.25, -0.2) is 0 Å². The Balaban J connectivity index is 1.66. The Labute approximate surface area is 170 Å². The summed E-state index contributed by atoms with van der Waals surface area (Å²) >= 11 is 1.74. The van der Waals surface area contributed by atoms with Crippen LogP contribution < -0.4 is 20.1 Å². The van der Waals surface area contributed by atoms with E-state index in [1.807, 2.05) is 18.2 Å². The minimum atomic E-state index is -0.320. The Morgan fingerprint density at radius 3 is 2.61 bits per heavy atom. The fraction of sp³-hybridized carbons (Fsp3) is 0.500. The van der Waals surface area contributed by atoms with Gasteiger partial charge in [-0.15, -0.1) is 11.3 Å². The summed E-state index contributed by atoms with van der Waals surface area (Å²) in [6.07, 6.45) is 2.86.